The van der Waals surface area contributed by atoms with Gasteiger partial charge in [0.05, 0.1) is 15.8 Å². The summed E-state index contributed by atoms with van der Waals surface area (Å²) >= 11 is 3.93. The Balaban J connectivity index is 1.70. The molecule has 0 spiro atoms. The van der Waals surface area contributed by atoms with Gasteiger partial charge >= 0.3 is 0 Å². The van der Waals surface area contributed by atoms with Crippen molar-refractivity contribution in [3.8, 4) is 0 Å². The lowest BCUT2D eigenvalue weighted by molar-refractivity contribution is 0.0940. The summed E-state index contributed by atoms with van der Waals surface area (Å²) in [7, 11) is 0. The van der Waals surface area contributed by atoms with Crippen molar-refractivity contribution >= 4 is 41.0 Å². The summed E-state index contributed by atoms with van der Waals surface area (Å²) < 4.78 is 0.454. The van der Waals surface area contributed by atoms with Gasteiger partial charge < -0.3 is 10.6 Å². The van der Waals surface area contributed by atoms with Crippen molar-refractivity contribution in [3.05, 3.63) is 65.2 Å². The minimum atomic E-state index is -0.209. The second kappa shape index (κ2) is 10.0. The van der Waals surface area contributed by atoms with Crippen LogP contribution in [-0.2, 0) is 0 Å². The fraction of sp³-hybridized carbons (Fsp3) is 0.364. The fourth-order valence-electron chi connectivity index (χ4n) is 2.86. The lowest BCUT2D eigenvalue weighted by Gasteiger charge is -2.21. The van der Waals surface area contributed by atoms with E-state index < -0.39 is 0 Å². The van der Waals surface area contributed by atoms with Gasteiger partial charge in [-0.05, 0) is 61.1 Å². The Bertz CT molecular complexity index is 818. The lowest BCUT2D eigenvalue weighted by Crippen LogP contribution is -2.32. The van der Waals surface area contributed by atoms with Crippen molar-refractivity contribution in [2.24, 2.45) is 0 Å². The average molecular weight is 415 g/mol. The maximum atomic E-state index is 12.7. The first-order valence-corrected chi connectivity index (χ1v) is 11.7. The van der Waals surface area contributed by atoms with E-state index >= 15 is 0 Å². The number of carbonyl (C=O) groups excluding carboxylic acids is 2. The van der Waals surface area contributed by atoms with Crippen LogP contribution in [0, 0.1) is 0 Å². The summed E-state index contributed by atoms with van der Waals surface area (Å²) in [6.07, 6.45) is 2.11. The molecule has 1 aliphatic heterocycles. The minimum absolute atomic E-state index is 0.0827. The Morgan fingerprint density at radius 3 is 2.39 bits per heavy atom. The largest absolute Gasteiger partial charge is 0.350 e. The zero-order valence-corrected chi connectivity index (χ0v) is 17.9. The molecular formula is C22H26N2O2S2. The minimum Gasteiger partial charge on any atom is -0.350 e. The number of hydrogen-bond acceptors (Lipinski definition) is 4. The summed E-state index contributed by atoms with van der Waals surface area (Å²) in [5, 5.41) is 5.84. The van der Waals surface area contributed by atoms with Crippen LogP contribution in [-0.4, -0.2) is 29.4 Å². The smallest absolute Gasteiger partial charge is 0.255 e. The van der Waals surface area contributed by atoms with E-state index in [9.17, 15) is 9.59 Å². The number of benzene rings is 2. The van der Waals surface area contributed by atoms with E-state index in [0.717, 1.165) is 6.42 Å². The predicted octanol–water partition coefficient (Wildman–Crippen LogP) is 5.34. The van der Waals surface area contributed by atoms with Gasteiger partial charge in [-0.25, -0.2) is 0 Å². The lowest BCUT2D eigenvalue weighted by atomic mass is 10.1. The summed E-state index contributed by atoms with van der Waals surface area (Å²) in [5.41, 5.74) is 2.84. The molecule has 0 radical (unpaired) electrons. The fourth-order valence-corrected chi connectivity index (χ4v) is 5.75. The van der Waals surface area contributed by atoms with Crippen LogP contribution in [0.1, 0.15) is 57.6 Å². The van der Waals surface area contributed by atoms with Crippen molar-refractivity contribution in [1.82, 2.24) is 5.32 Å². The average Bonchev–Trinajstić information content (AvgIpc) is 2.74. The van der Waals surface area contributed by atoms with Crippen LogP contribution in [0.3, 0.4) is 0 Å². The van der Waals surface area contributed by atoms with Gasteiger partial charge in [0.15, 0.2) is 0 Å². The van der Waals surface area contributed by atoms with Crippen LogP contribution >= 0.6 is 23.5 Å². The molecule has 1 aliphatic rings. The standard InChI is InChI=1S/C22H26N2O2S2/c1-3-15(2)23-21(26)18-7-4-5-8-19(18)24-20(25)16-9-11-17(12-10-16)22-27-13-6-14-28-22/h4-5,7-12,15,22H,3,6,13-14H2,1-2H3,(H,23,26)(H,24,25). The number of para-hydroxylation sites is 1. The number of carbonyl (C=O) groups is 2. The van der Waals surface area contributed by atoms with E-state index in [1.165, 1.54) is 23.5 Å². The van der Waals surface area contributed by atoms with Gasteiger partial charge in [-0.15, -0.1) is 23.5 Å². The molecule has 4 nitrogen and oxygen atoms in total. The van der Waals surface area contributed by atoms with Crippen LogP contribution in [0.5, 0.6) is 0 Å². The van der Waals surface area contributed by atoms with E-state index in [4.69, 9.17) is 0 Å². The molecule has 1 saturated heterocycles. The maximum absolute atomic E-state index is 12.7. The van der Waals surface area contributed by atoms with E-state index in [2.05, 4.69) is 10.6 Å². The third-order valence-corrected chi connectivity index (χ3v) is 7.70. The Morgan fingerprint density at radius 1 is 1.04 bits per heavy atom. The highest BCUT2D eigenvalue weighted by molar-refractivity contribution is 8.16. The number of nitrogens with one attached hydrogen (secondary N) is 2. The van der Waals surface area contributed by atoms with Crippen molar-refractivity contribution in [2.45, 2.75) is 37.3 Å². The molecule has 0 bridgehead atoms. The summed E-state index contributed by atoms with van der Waals surface area (Å²) in [6, 6.07) is 15.0. The zero-order valence-electron chi connectivity index (χ0n) is 16.2. The summed E-state index contributed by atoms with van der Waals surface area (Å²) in [5.74, 6) is 2.00. The quantitative estimate of drug-likeness (QED) is 0.670. The van der Waals surface area contributed by atoms with Gasteiger partial charge in [0, 0.05) is 11.6 Å². The molecule has 1 heterocycles. The second-order valence-electron chi connectivity index (χ2n) is 6.83. The highest BCUT2D eigenvalue weighted by Crippen LogP contribution is 2.43. The molecule has 6 heteroatoms. The third kappa shape index (κ3) is 5.32. The van der Waals surface area contributed by atoms with E-state index in [1.807, 2.05) is 67.7 Å². The molecule has 0 aromatic heterocycles. The van der Waals surface area contributed by atoms with Gasteiger partial charge in [-0.3, -0.25) is 9.59 Å². The van der Waals surface area contributed by atoms with Crippen molar-refractivity contribution in [2.75, 3.05) is 16.8 Å². The van der Waals surface area contributed by atoms with Gasteiger partial charge in [0.1, 0.15) is 0 Å². The number of rotatable bonds is 6. The molecule has 2 aromatic rings. The van der Waals surface area contributed by atoms with Crippen LogP contribution < -0.4 is 10.6 Å². The first-order valence-electron chi connectivity index (χ1n) is 9.63. The Labute approximate surface area is 175 Å². The molecule has 2 N–H and O–H groups in total. The van der Waals surface area contributed by atoms with Gasteiger partial charge in [0.2, 0.25) is 0 Å². The molecule has 1 unspecified atom stereocenters. The molecule has 1 fully saturated rings. The number of anilines is 1. The van der Waals surface area contributed by atoms with Crippen molar-refractivity contribution in [3.63, 3.8) is 0 Å². The molecule has 0 saturated carbocycles. The number of hydrogen-bond donors (Lipinski definition) is 2. The molecule has 2 aromatic carbocycles. The first kappa shape index (κ1) is 20.8. The molecule has 0 aliphatic carbocycles. The maximum Gasteiger partial charge on any atom is 0.255 e. The molecule has 28 heavy (non-hydrogen) atoms. The van der Waals surface area contributed by atoms with E-state index in [-0.39, 0.29) is 17.9 Å². The van der Waals surface area contributed by atoms with Crippen molar-refractivity contribution < 1.29 is 9.59 Å². The highest BCUT2D eigenvalue weighted by Gasteiger charge is 2.18. The number of amides is 2. The molecule has 1 atom stereocenters. The molecular weight excluding hydrogens is 388 g/mol. The summed E-state index contributed by atoms with van der Waals surface area (Å²) in [6.45, 7) is 3.98. The Kier molecular flexibility index (Phi) is 7.45. The monoisotopic (exact) mass is 414 g/mol. The summed E-state index contributed by atoms with van der Waals surface area (Å²) in [4.78, 5) is 25.2. The molecule has 2 amide bonds. The van der Waals surface area contributed by atoms with Gasteiger partial charge in [0.25, 0.3) is 11.8 Å². The van der Waals surface area contributed by atoms with Crippen LogP contribution in [0.15, 0.2) is 48.5 Å². The third-order valence-electron chi connectivity index (χ3n) is 4.68. The number of thioether (sulfide) groups is 2. The molecule has 3 rings (SSSR count). The van der Waals surface area contributed by atoms with E-state index in [0.29, 0.717) is 21.4 Å². The SMILES string of the molecule is CCC(C)NC(=O)c1ccccc1NC(=O)c1ccc(C2SCCCS2)cc1. The van der Waals surface area contributed by atoms with Gasteiger partial charge in [-0.2, -0.15) is 0 Å². The highest BCUT2D eigenvalue weighted by atomic mass is 32.2. The molecule has 148 valence electrons. The second-order valence-corrected chi connectivity index (χ2v) is 9.56. The Hall–Kier alpha value is -1.92. The van der Waals surface area contributed by atoms with E-state index in [1.54, 1.807) is 18.2 Å². The topological polar surface area (TPSA) is 58.2 Å². The Morgan fingerprint density at radius 2 is 1.71 bits per heavy atom. The normalized spacial score (nSPS) is 15.6. The zero-order chi connectivity index (χ0) is 19.9. The van der Waals surface area contributed by atoms with Gasteiger partial charge in [-0.1, -0.05) is 31.2 Å². The van der Waals surface area contributed by atoms with Crippen LogP contribution in [0.4, 0.5) is 5.69 Å². The predicted molar refractivity (Wildman–Crippen MR) is 120 cm³/mol. The van der Waals surface area contributed by atoms with Crippen LogP contribution in [0.25, 0.3) is 0 Å². The first-order chi connectivity index (χ1) is 13.6. The van der Waals surface area contributed by atoms with Crippen molar-refractivity contribution in [1.29, 1.82) is 0 Å². The van der Waals surface area contributed by atoms with Crippen LogP contribution in [0.2, 0.25) is 0 Å².